The molecule has 0 saturated heterocycles. The van der Waals surface area contributed by atoms with Gasteiger partial charge in [-0.2, -0.15) is 0 Å². The van der Waals surface area contributed by atoms with E-state index >= 15 is 0 Å². The normalized spacial score (nSPS) is 15.9. The summed E-state index contributed by atoms with van der Waals surface area (Å²) in [6.07, 6.45) is 9.93. The van der Waals surface area contributed by atoms with E-state index in [9.17, 15) is 9.59 Å². The highest BCUT2D eigenvalue weighted by molar-refractivity contribution is 5.92. The van der Waals surface area contributed by atoms with E-state index in [-0.39, 0.29) is 11.8 Å². The van der Waals surface area contributed by atoms with Gasteiger partial charge < -0.3 is 10.1 Å². The monoisotopic (exact) mass is 288 g/mol. The van der Waals surface area contributed by atoms with Gasteiger partial charge in [0.25, 0.3) is 0 Å². The lowest BCUT2D eigenvalue weighted by Gasteiger charge is -2.20. The fraction of sp³-hybridized carbons (Fsp3) is 0.438. The van der Waals surface area contributed by atoms with Crippen molar-refractivity contribution in [3.63, 3.8) is 0 Å². The fourth-order valence-electron chi connectivity index (χ4n) is 2.44. The van der Waals surface area contributed by atoms with Gasteiger partial charge in [0.1, 0.15) is 5.82 Å². The third kappa shape index (κ3) is 4.70. The van der Waals surface area contributed by atoms with Crippen LogP contribution in [0.5, 0.6) is 0 Å². The molecule has 1 N–H and O–H groups in total. The molecular weight excluding hydrogens is 268 g/mol. The van der Waals surface area contributed by atoms with E-state index in [0.717, 1.165) is 31.2 Å². The molecule has 0 bridgehead atoms. The maximum Gasteiger partial charge on any atom is 0.330 e. The molecular formula is C16H20N2O3. The van der Waals surface area contributed by atoms with Crippen LogP contribution in [0.2, 0.25) is 0 Å². The first kappa shape index (κ1) is 15.2. The second-order valence-corrected chi connectivity index (χ2v) is 5.16. The van der Waals surface area contributed by atoms with Crippen molar-refractivity contribution < 1.29 is 14.3 Å². The first-order chi connectivity index (χ1) is 10.2. The molecule has 1 aliphatic carbocycles. The number of anilines is 1. The number of methoxy groups -OCH3 is 1. The summed E-state index contributed by atoms with van der Waals surface area (Å²) in [7, 11) is 1.33. The molecule has 0 aliphatic heterocycles. The van der Waals surface area contributed by atoms with Gasteiger partial charge in [0.15, 0.2) is 0 Å². The smallest absolute Gasteiger partial charge is 0.330 e. The van der Waals surface area contributed by atoms with Gasteiger partial charge in [-0.1, -0.05) is 19.3 Å². The molecule has 0 atom stereocenters. The summed E-state index contributed by atoms with van der Waals surface area (Å²) in [5.74, 6) is 0.225. The zero-order chi connectivity index (χ0) is 15.1. The topological polar surface area (TPSA) is 68.3 Å². The standard InChI is InChI=1S/C16H20N2O3/c1-21-15(19)8-7-12-9-10-17-14(11-12)18-16(20)13-5-3-2-4-6-13/h7-11,13H,2-6H2,1H3,(H,17,18,20)/b8-7+. The number of ether oxygens (including phenoxy) is 1. The third-order valence-corrected chi connectivity index (χ3v) is 3.62. The number of carbonyl (C=O) groups excluding carboxylic acids is 2. The summed E-state index contributed by atoms with van der Waals surface area (Å²) in [5, 5.41) is 2.85. The van der Waals surface area contributed by atoms with E-state index < -0.39 is 5.97 Å². The Balaban J connectivity index is 1.98. The van der Waals surface area contributed by atoms with Gasteiger partial charge in [-0.05, 0) is 36.6 Å². The second kappa shape index (κ2) is 7.57. The predicted octanol–water partition coefficient (Wildman–Crippen LogP) is 2.79. The molecule has 0 radical (unpaired) electrons. The summed E-state index contributed by atoms with van der Waals surface area (Å²) in [6, 6.07) is 3.50. The number of pyridine rings is 1. The lowest BCUT2D eigenvalue weighted by Crippen LogP contribution is -2.25. The van der Waals surface area contributed by atoms with Crippen molar-refractivity contribution in [2.24, 2.45) is 5.92 Å². The number of nitrogens with zero attached hydrogens (tertiary/aromatic N) is 1. The quantitative estimate of drug-likeness (QED) is 0.683. The van der Waals surface area contributed by atoms with Crippen LogP contribution in [0.1, 0.15) is 37.7 Å². The number of hydrogen-bond donors (Lipinski definition) is 1. The van der Waals surface area contributed by atoms with Crippen molar-refractivity contribution in [2.45, 2.75) is 32.1 Å². The Morgan fingerprint density at radius 3 is 2.81 bits per heavy atom. The highest BCUT2D eigenvalue weighted by Gasteiger charge is 2.21. The van der Waals surface area contributed by atoms with Gasteiger partial charge in [-0.15, -0.1) is 0 Å². The average molecular weight is 288 g/mol. The number of amides is 1. The van der Waals surface area contributed by atoms with Crippen LogP contribution >= 0.6 is 0 Å². The minimum atomic E-state index is -0.417. The summed E-state index contributed by atoms with van der Waals surface area (Å²) in [4.78, 5) is 27.3. The van der Waals surface area contributed by atoms with Crippen LogP contribution in [0.25, 0.3) is 6.08 Å². The maximum absolute atomic E-state index is 12.1. The SMILES string of the molecule is COC(=O)/C=C/c1ccnc(NC(=O)C2CCCCC2)c1. The molecule has 1 aromatic heterocycles. The van der Waals surface area contributed by atoms with Crippen LogP contribution in [0.3, 0.4) is 0 Å². The highest BCUT2D eigenvalue weighted by atomic mass is 16.5. The molecule has 2 rings (SSSR count). The number of carbonyl (C=O) groups is 2. The molecule has 1 heterocycles. The Bertz CT molecular complexity index is 534. The van der Waals surface area contributed by atoms with E-state index in [0.29, 0.717) is 5.82 Å². The van der Waals surface area contributed by atoms with Crippen molar-refractivity contribution in [1.29, 1.82) is 0 Å². The van der Waals surface area contributed by atoms with Crippen LogP contribution in [0.15, 0.2) is 24.4 Å². The minimum absolute atomic E-state index is 0.0382. The van der Waals surface area contributed by atoms with Crippen LogP contribution in [-0.2, 0) is 14.3 Å². The number of rotatable bonds is 4. The van der Waals surface area contributed by atoms with Gasteiger partial charge in [-0.3, -0.25) is 4.79 Å². The largest absolute Gasteiger partial charge is 0.466 e. The van der Waals surface area contributed by atoms with Gasteiger partial charge in [0, 0.05) is 18.2 Å². The Morgan fingerprint density at radius 2 is 2.10 bits per heavy atom. The molecule has 1 saturated carbocycles. The van der Waals surface area contributed by atoms with Crippen molar-refractivity contribution in [1.82, 2.24) is 4.98 Å². The number of esters is 1. The number of hydrogen-bond acceptors (Lipinski definition) is 4. The van der Waals surface area contributed by atoms with E-state index in [1.165, 1.54) is 19.6 Å². The van der Waals surface area contributed by atoms with Crippen LogP contribution in [0, 0.1) is 5.92 Å². The molecule has 1 aliphatic rings. The summed E-state index contributed by atoms with van der Waals surface area (Å²) < 4.78 is 4.53. The Morgan fingerprint density at radius 1 is 1.33 bits per heavy atom. The van der Waals surface area contributed by atoms with E-state index in [1.807, 2.05) is 0 Å². The predicted molar refractivity (Wildman–Crippen MR) is 80.5 cm³/mol. The zero-order valence-electron chi connectivity index (χ0n) is 12.2. The molecule has 112 valence electrons. The first-order valence-electron chi connectivity index (χ1n) is 7.22. The second-order valence-electron chi connectivity index (χ2n) is 5.16. The molecule has 1 aromatic rings. The summed E-state index contributed by atoms with van der Waals surface area (Å²) >= 11 is 0. The Labute approximate surface area is 124 Å². The fourth-order valence-corrected chi connectivity index (χ4v) is 2.44. The molecule has 0 spiro atoms. The Hall–Kier alpha value is -2.17. The molecule has 21 heavy (non-hydrogen) atoms. The molecule has 0 aromatic carbocycles. The first-order valence-corrected chi connectivity index (χ1v) is 7.22. The van der Waals surface area contributed by atoms with Crippen molar-refractivity contribution >= 4 is 23.8 Å². The minimum Gasteiger partial charge on any atom is -0.466 e. The molecule has 1 amide bonds. The van der Waals surface area contributed by atoms with Gasteiger partial charge in [0.2, 0.25) is 5.91 Å². The lowest BCUT2D eigenvalue weighted by molar-refractivity contribution is -0.134. The van der Waals surface area contributed by atoms with Crippen LogP contribution < -0.4 is 5.32 Å². The Kier molecular flexibility index (Phi) is 5.49. The van der Waals surface area contributed by atoms with Gasteiger partial charge >= 0.3 is 5.97 Å². The van der Waals surface area contributed by atoms with Crippen molar-refractivity contribution in [3.8, 4) is 0 Å². The van der Waals surface area contributed by atoms with Crippen molar-refractivity contribution in [2.75, 3.05) is 12.4 Å². The molecule has 0 unspecified atom stereocenters. The van der Waals surface area contributed by atoms with Gasteiger partial charge in [0.05, 0.1) is 7.11 Å². The molecule has 5 heteroatoms. The zero-order valence-corrected chi connectivity index (χ0v) is 12.2. The van der Waals surface area contributed by atoms with Crippen LogP contribution in [-0.4, -0.2) is 24.0 Å². The summed E-state index contributed by atoms with van der Waals surface area (Å²) in [6.45, 7) is 0. The number of aromatic nitrogens is 1. The third-order valence-electron chi connectivity index (χ3n) is 3.62. The lowest BCUT2D eigenvalue weighted by atomic mass is 9.89. The highest BCUT2D eigenvalue weighted by Crippen LogP contribution is 2.24. The number of nitrogens with one attached hydrogen (secondary N) is 1. The van der Waals surface area contributed by atoms with E-state index in [1.54, 1.807) is 24.4 Å². The van der Waals surface area contributed by atoms with Crippen LogP contribution in [0.4, 0.5) is 5.82 Å². The molecule has 5 nitrogen and oxygen atoms in total. The van der Waals surface area contributed by atoms with Gasteiger partial charge in [-0.25, -0.2) is 9.78 Å². The average Bonchev–Trinajstić information content (AvgIpc) is 2.53. The van der Waals surface area contributed by atoms with E-state index in [4.69, 9.17) is 0 Å². The maximum atomic E-state index is 12.1. The molecule has 1 fully saturated rings. The summed E-state index contributed by atoms with van der Waals surface area (Å²) in [5.41, 5.74) is 0.786. The van der Waals surface area contributed by atoms with E-state index in [2.05, 4.69) is 15.0 Å². The van der Waals surface area contributed by atoms with Crippen molar-refractivity contribution in [3.05, 3.63) is 30.0 Å².